The molecule has 2 aliphatic rings. The van der Waals surface area contributed by atoms with E-state index >= 15 is 0 Å². The van der Waals surface area contributed by atoms with Crippen molar-refractivity contribution in [1.29, 1.82) is 0 Å². The number of hydrogen-bond donors (Lipinski definition) is 3. The van der Waals surface area contributed by atoms with E-state index in [1.807, 2.05) is 23.1 Å². The van der Waals surface area contributed by atoms with Crippen LogP contribution in [0.5, 0.6) is 0 Å². The number of carbonyl (C=O) groups excluding carboxylic acids is 2. The Morgan fingerprint density at radius 3 is 2.55 bits per heavy atom. The third-order valence-corrected chi connectivity index (χ3v) is 6.40. The smallest absolute Gasteiger partial charge is 0.240 e. The predicted octanol–water partition coefficient (Wildman–Crippen LogP) is 1.53. The molecular weight excluding hydrogens is 414 g/mol. The van der Waals surface area contributed by atoms with Gasteiger partial charge in [0.25, 0.3) is 0 Å². The van der Waals surface area contributed by atoms with Gasteiger partial charge in [0.2, 0.25) is 11.8 Å². The molecule has 0 radical (unpaired) electrons. The normalized spacial score (nSPS) is 19.9. The molecule has 33 heavy (non-hydrogen) atoms. The van der Waals surface area contributed by atoms with E-state index in [1.165, 1.54) is 11.3 Å². The van der Waals surface area contributed by atoms with Crippen LogP contribution in [0.25, 0.3) is 0 Å². The fraction of sp³-hybridized carbons (Fsp3) is 0.462. The van der Waals surface area contributed by atoms with Gasteiger partial charge in [-0.05, 0) is 36.1 Å². The second-order valence-corrected chi connectivity index (χ2v) is 9.00. The van der Waals surface area contributed by atoms with Gasteiger partial charge < -0.3 is 25.8 Å². The van der Waals surface area contributed by atoms with E-state index in [4.69, 9.17) is 0 Å². The molecular formula is C26H35N5O2. The Hall–Kier alpha value is -2.90. The largest absolute Gasteiger partial charge is 0.369 e. The lowest BCUT2D eigenvalue weighted by Gasteiger charge is -2.35. The molecule has 2 saturated heterocycles. The molecule has 2 heterocycles. The van der Waals surface area contributed by atoms with Gasteiger partial charge in [0.05, 0.1) is 6.04 Å². The van der Waals surface area contributed by atoms with Crippen molar-refractivity contribution >= 4 is 17.5 Å². The van der Waals surface area contributed by atoms with E-state index in [0.717, 1.165) is 38.3 Å². The minimum Gasteiger partial charge on any atom is -0.369 e. The van der Waals surface area contributed by atoms with Crippen molar-refractivity contribution in [3.8, 4) is 0 Å². The monoisotopic (exact) mass is 449 g/mol. The van der Waals surface area contributed by atoms with Crippen LogP contribution in [-0.2, 0) is 22.6 Å². The summed E-state index contributed by atoms with van der Waals surface area (Å²) >= 11 is 0. The van der Waals surface area contributed by atoms with Crippen molar-refractivity contribution in [3.05, 3.63) is 65.7 Å². The number of carbonyl (C=O) groups is 2. The van der Waals surface area contributed by atoms with E-state index < -0.39 is 0 Å². The summed E-state index contributed by atoms with van der Waals surface area (Å²) in [5.74, 6) is 0.0395. The average molecular weight is 450 g/mol. The maximum Gasteiger partial charge on any atom is 0.240 e. The summed E-state index contributed by atoms with van der Waals surface area (Å²) in [7, 11) is 0. The molecule has 0 bridgehead atoms. The second kappa shape index (κ2) is 11.3. The highest BCUT2D eigenvalue weighted by molar-refractivity contribution is 5.83. The maximum atomic E-state index is 13.2. The van der Waals surface area contributed by atoms with Gasteiger partial charge in [0, 0.05) is 64.5 Å². The summed E-state index contributed by atoms with van der Waals surface area (Å²) in [5.41, 5.74) is 3.53. The SMILES string of the molecule is CC(=O)N[C@@H](Cc1cccc(N2CCNCC2)c1)C[C@@H]1NCCN(Cc2ccccc2)C1=O. The zero-order valence-corrected chi connectivity index (χ0v) is 19.4. The van der Waals surface area contributed by atoms with E-state index in [2.05, 4.69) is 57.2 Å². The van der Waals surface area contributed by atoms with Crippen molar-refractivity contribution in [2.75, 3.05) is 44.2 Å². The Kier molecular flexibility index (Phi) is 7.96. The van der Waals surface area contributed by atoms with Crippen LogP contribution in [0.15, 0.2) is 54.6 Å². The van der Waals surface area contributed by atoms with Crippen LogP contribution < -0.4 is 20.9 Å². The highest BCUT2D eigenvalue weighted by Gasteiger charge is 2.31. The predicted molar refractivity (Wildman–Crippen MR) is 131 cm³/mol. The van der Waals surface area contributed by atoms with E-state index in [1.54, 1.807) is 6.92 Å². The van der Waals surface area contributed by atoms with Crippen molar-refractivity contribution in [1.82, 2.24) is 20.9 Å². The number of nitrogens with zero attached hydrogens (tertiary/aromatic N) is 2. The molecule has 2 aromatic carbocycles. The van der Waals surface area contributed by atoms with Crippen LogP contribution in [0.4, 0.5) is 5.69 Å². The van der Waals surface area contributed by atoms with Crippen LogP contribution in [0.1, 0.15) is 24.5 Å². The molecule has 2 aliphatic heterocycles. The van der Waals surface area contributed by atoms with Gasteiger partial charge in [-0.2, -0.15) is 0 Å². The Morgan fingerprint density at radius 1 is 1.03 bits per heavy atom. The van der Waals surface area contributed by atoms with Crippen LogP contribution in [0.3, 0.4) is 0 Å². The molecule has 0 saturated carbocycles. The quantitative estimate of drug-likeness (QED) is 0.570. The molecule has 3 N–H and O–H groups in total. The van der Waals surface area contributed by atoms with Gasteiger partial charge in [-0.1, -0.05) is 42.5 Å². The molecule has 0 aliphatic carbocycles. The summed E-state index contributed by atoms with van der Waals surface area (Å²) < 4.78 is 0. The summed E-state index contributed by atoms with van der Waals surface area (Å²) in [4.78, 5) is 29.5. The minimum absolute atomic E-state index is 0.0670. The van der Waals surface area contributed by atoms with Gasteiger partial charge in [-0.15, -0.1) is 0 Å². The molecule has 176 valence electrons. The number of nitrogens with one attached hydrogen (secondary N) is 3. The Bertz CT molecular complexity index is 929. The number of amides is 2. The van der Waals surface area contributed by atoms with Gasteiger partial charge in [-0.3, -0.25) is 9.59 Å². The first-order valence-corrected chi connectivity index (χ1v) is 12.0. The molecule has 7 heteroatoms. The minimum atomic E-state index is -0.296. The molecule has 0 aromatic heterocycles. The van der Waals surface area contributed by atoms with Crippen LogP contribution in [0, 0.1) is 0 Å². The summed E-state index contributed by atoms with van der Waals surface area (Å²) in [6.45, 7) is 7.60. The first-order chi connectivity index (χ1) is 16.1. The molecule has 2 atom stereocenters. The lowest BCUT2D eigenvalue weighted by atomic mass is 9.96. The number of rotatable bonds is 8. The first kappa shape index (κ1) is 23.3. The Labute approximate surface area is 196 Å². The zero-order valence-electron chi connectivity index (χ0n) is 19.4. The Balaban J connectivity index is 1.42. The summed E-state index contributed by atoms with van der Waals surface area (Å²) in [5, 5.41) is 9.86. The number of piperazine rings is 2. The number of hydrogen-bond acceptors (Lipinski definition) is 5. The van der Waals surface area contributed by atoms with Gasteiger partial charge >= 0.3 is 0 Å². The van der Waals surface area contributed by atoms with E-state index in [-0.39, 0.29) is 23.9 Å². The molecule has 2 aromatic rings. The highest BCUT2D eigenvalue weighted by Crippen LogP contribution is 2.20. The molecule has 2 amide bonds. The zero-order chi connectivity index (χ0) is 23.0. The van der Waals surface area contributed by atoms with Crippen molar-refractivity contribution in [2.24, 2.45) is 0 Å². The average Bonchev–Trinajstić information content (AvgIpc) is 2.83. The van der Waals surface area contributed by atoms with E-state index in [9.17, 15) is 9.59 Å². The molecule has 0 unspecified atom stereocenters. The highest BCUT2D eigenvalue weighted by atomic mass is 16.2. The van der Waals surface area contributed by atoms with Crippen LogP contribution >= 0.6 is 0 Å². The van der Waals surface area contributed by atoms with Gasteiger partial charge in [0.1, 0.15) is 0 Å². The van der Waals surface area contributed by atoms with Gasteiger partial charge in [-0.25, -0.2) is 0 Å². The lowest BCUT2D eigenvalue weighted by molar-refractivity contribution is -0.137. The van der Waals surface area contributed by atoms with E-state index in [0.29, 0.717) is 25.9 Å². The second-order valence-electron chi connectivity index (χ2n) is 9.00. The third kappa shape index (κ3) is 6.55. The fourth-order valence-corrected chi connectivity index (χ4v) is 4.79. The van der Waals surface area contributed by atoms with Gasteiger partial charge in [0.15, 0.2) is 0 Å². The number of benzene rings is 2. The Morgan fingerprint density at radius 2 is 1.79 bits per heavy atom. The van der Waals surface area contributed by atoms with Crippen LogP contribution in [-0.4, -0.2) is 68.1 Å². The molecule has 2 fully saturated rings. The molecule has 0 spiro atoms. The van der Waals surface area contributed by atoms with Crippen molar-refractivity contribution in [3.63, 3.8) is 0 Å². The number of anilines is 1. The van der Waals surface area contributed by atoms with Crippen molar-refractivity contribution in [2.45, 2.75) is 38.4 Å². The molecule has 7 nitrogen and oxygen atoms in total. The summed E-state index contributed by atoms with van der Waals surface area (Å²) in [6, 6.07) is 18.2. The maximum absolute atomic E-state index is 13.2. The molecule has 4 rings (SSSR count). The lowest BCUT2D eigenvalue weighted by Crippen LogP contribution is -2.56. The third-order valence-electron chi connectivity index (χ3n) is 6.40. The standard InChI is InChI=1S/C26H35N5O2/c1-20(32)29-23(16-22-8-5-9-24(17-22)30-13-10-27-11-14-30)18-25-26(33)31(15-12-28-25)19-21-6-3-2-4-7-21/h2-9,17,23,25,27-28H,10-16,18-19H2,1H3,(H,29,32)/t23-,25-/m0/s1. The summed E-state index contributed by atoms with van der Waals surface area (Å²) in [6.07, 6.45) is 1.27. The van der Waals surface area contributed by atoms with Crippen molar-refractivity contribution < 1.29 is 9.59 Å². The topological polar surface area (TPSA) is 76.7 Å². The fourth-order valence-electron chi connectivity index (χ4n) is 4.79. The van der Waals surface area contributed by atoms with Crippen LogP contribution in [0.2, 0.25) is 0 Å². The first-order valence-electron chi connectivity index (χ1n) is 12.0.